The molecule has 4 saturated heterocycles. The Labute approximate surface area is 359 Å². The van der Waals surface area contributed by atoms with E-state index in [1.807, 2.05) is 58.5 Å². The van der Waals surface area contributed by atoms with E-state index in [0.717, 1.165) is 83.6 Å². The lowest BCUT2D eigenvalue weighted by atomic mass is 9.79. The van der Waals surface area contributed by atoms with Gasteiger partial charge >= 0.3 is 0 Å². The predicted octanol–water partition coefficient (Wildman–Crippen LogP) is 3.78. The van der Waals surface area contributed by atoms with Gasteiger partial charge in [-0.3, -0.25) is 47.7 Å². The zero-order valence-electron chi connectivity index (χ0n) is 35.2. The molecule has 6 aliphatic rings. The zero-order valence-corrected chi connectivity index (χ0v) is 35.2. The van der Waals surface area contributed by atoms with E-state index in [0.29, 0.717) is 51.9 Å². The fraction of sp³-hybridized carbons (Fsp3) is 0.417. The number of hydrazine groups is 2. The molecule has 0 N–H and O–H groups in total. The van der Waals surface area contributed by atoms with Gasteiger partial charge in [0.2, 0.25) is 35.4 Å². The molecule has 4 aliphatic heterocycles. The number of amides is 4. The first-order valence-corrected chi connectivity index (χ1v) is 22.1. The molecule has 0 spiro atoms. The van der Waals surface area contributed by atoms with Gasteiger partial charge in [-0.1, -0.05) is 60.7 Å². The molecule has 2 aromatic heterocycles. The summed E-state index contributed by atoms with van der Waals surface area (Å²) >= 11 is 0. The van der Waals surface area contributed by atoms with Gasteiger partial charge in [-0.25, -0.2) is 20.0 Å². The summed E-state index contributed by atoms with van der Waals surface area (Å²) in [4.78, 5) is 85.6. The van der Waals surface area contributed by atoms with Crippen LogP contribution in [0.1, 0.15) is 57.1 Å². The first-order chi connectivity index (χ1) is 30.0. The maximum absolute atomic E-state index is 13.9. The van der Waals surface area contributed by atoms with Crippen molar-refractivity contribution in [2.45, 2.75) is 52.6 Å². The van der Waals surface area contributed by atoms with E-state index in [9.17, 15) is 28.8 Å². The number of carbonyl (C=O) groups is 6. The Kier molecular flexibility index (Phi) is 9.41. The Morgan fingerprint density at radius 3 is 1.16 bits per heavy atom. The van der Waals surface area contributed by atoms with Crippen LogP contribution in [0.5, 0.6) is 0 Å². The minimum absolute atomic E-state index is 0.0809. The number of fused-ring (bicyclic) bond motifs is 8. The van der Waals surface area contributed by atoms with Gasteiger partial charge in [0.15, 0.2) is 0 Å². The van der Waals surface area contributed by atoms with E-state index >= 15 is 0 Å². The number of imide groups is 2. The van der Waals surface area contributed by atoms with Crippen LogP contribution < -0.4 is 0 Å². The predicted molar refractivity (Wildman–Crippen MR) is 229 cm³/mol. The smallest absolute Gasteiger partial charge is 0.248 e. The topological polar surface area (TPSA) is 132 Å². The Morgan fingerprint density at radius 1 is 0.468 bits per heavy atom. The third-order valence-electron chi connectivity index (χ3n) is 14.7. The van der Waals surface area contributed by atoms with Gasteiger partial charge < -0.3 is 0 Å². The molecule has 4 atom stereocenters. The lowest BCUT2D eigenvalue weighted by Gasteiger charge is -2.38. The molecule has 6 heterocycles. The van der Waals surface area contributed by atoms with Crippen LogP contribution in [0.3, 0.4) is 0 Å². The number of carbonyl (C=O) groups excluding carboxylic acids is 6. The lowest BCUT2D eigenvalue weighted by Crippen LogP contribution is -2.55. The van der Waals surface area contributed by atoms with Crippen molar-refractivity contribution in [2.75, 3.05) is 52.4 Å². The Hall–Kier alpha value is -5.80. The molecule has 0 radical (unpaired) electrons. The van der Waals surface area contributed by atoms with Gasteiger partial charge in [-0.15, -0.1) is 0 Å². The van der Waals surface area contributed by atoms with Crippen molar-refractivity contribution in [1.29, 1.82) is 0 Å². The minimum Gasteiger partial charge on any atom is -0.296 e. The first-order valence-electron chi connectivity index (χ1n) is 22.1. The van der Waals surface area contributed by atoms with Gasteiger partial charge in [-0.05, 0) is 47.2 Å². The second kappa shape index (κ2) is 14.9. The van der Waals surface area contributed by atoms with E-state index in [1.165, 1.54) is 21.1 Å². The average molecular weight is 835 g/mol. The monoisotopic (exact) mass is 834 g/mol. The summed E-state index contributed by atoms with van der Waals surface area (Å²) in [6.45, 7) is 9.88. The van der Waals surface area contributed by atoms with Crippen LogP contribution in [0.2, 0.25) is 0 Å². The molecule has 4 fully saturated rings. The molecule has 0 saturated carbocycles. The van der Waals surface area contributed by atoms with Crippen LogP contribution in [0.4, 0.5) is 0 Å². The van der Waals surface area contributed by atoms with Crippen molar-refractivity contribution >= 4 is 57.2 Å². The highest BCUT2D eigenvalue weighted by Gasteiger charge is 2.54. The third-order valence-corrected chi connectivity index (χ3v) is 14.7. The minimum atomic E-state index is -0.457. The normalized spacial score (nSPS) is 24.9. The highest BCUT2D eigenvalue weighted by Crippen LogP contribution is 2.44. The maximum atomic E-state index is 13.9. The van der Waals surface area contributed by atoms with Crippen LogP contribution >= 0.6 is 0 Å². The van der Waals surface area contributed by atoms with Crippen LogP contribution in [0.25, 0.3) is 21.8 Å². The summed E-state index contributed by atoms with van der Waals surface area (Å²) in [5, 5.41) is 8.68. The summed E-state index contributed by atoms with van der Waals surface area (Å²) in [5.74, 6) is -2.45. The van der Waals surface area contributed by atoms with Crippen LogP contribution in [-0.2, 0) is 58.0 Å². The van der Waals surface area contributed by atoms with E-state index in [4.69, 9.17) is 0 Å². The molecule has 3 aromatic carbocycles. The standard InChI is InChI=1S/C48H50N8O6/c1-29(57)53-41-9-5-3-7-33(41)35-23-37-39(25-43(35)53)47(61)55(45(37)59)51-19-15-49(16-20-51)27-31-11-13-32(14-12-31)28-50-17-21-52(22-18-50)56-46(60)38-24-36-34-8-4-6-10-42(34)54(30(2)58)44(36)26-40(38)48(56)62/h3-14,37-40H,15-28H2,1-2H3/t37-,38-,39+,40+/m0/s1. The number of aromatic nitrogens is 2. The van der Waals surface area contributed by atoms with Gasteiger partial charge in [0.05, 0.1) is 34.7 Å². The number of benzene rings is 3. The summed E-state index contributed by atoms with van der Waals surface area (Å²) in [7, 11) is 0. The quantitative estimate of drug-likeness (QED) is 0.233. The molecule has 11 rings (SSSR count). The fourth-order valence-corrected chi connectivity index (χ4v) is 11.6. The molecule has 4 amide bonds. The average Bonchev–Trinajstić information content (AvgIpc) is 3.94. The maximum Gasteiger partial charge on any atom is 0.248 e. The highest BCUT2D eigenvalue weighted by molar-refractivity contribution is 6.07. The van der Waals surface area contributed by atoms with Crippen molar-refractivity contribution in [1.82, 2.24) is 39.0 Å². The second-order valence-electron chi connectivity index (χ2n) is 18.1. The van der Waals surface area contributed by atoms with Crippen LogP contribution in [-0.4, -0.2) is 127 Å². The number of rotatable bonds is 6. The molecule has 62 heavy (non-hydrogen) atoms. The zero-order chi connectivity index (χ0) is 42.6. The molecule has 318 valence electrons. The number of hydrogen-bond donors (Lipinski definition) is 0. The van der Waals surface area contributed by atoms with Crippen LogP contribution in [0.15, 0.2) is 72.8 Å². The summed E-state index contributed by atoms with van der Waals surface area (Å²) in [6.07, 6.45) is 1.72. The van der Waals surface area contributed by atoms with Crippen molar-refractivity contribution in [2.24, 2.45) is 23.7 Å². The van der Waals surface area contributed by atoms with E-state index in [2.05, 4.69) is 34.1 Å². The van der Waals surface area contributed by atoms with E-state index in [-0.39, 0.29) is 35.4 Å². The molecule has 0 bridgehead atoms. The fourth-order valence-electron chi connectivity index (χ4n) is 11.6. The SMILES string of the molecule is CC(=O)n1c2c(c3ccccc31)C[C@@H]1C(=O)N(N3CCN(Cc4ccc(CN5CCN(N6C(=O)[C@H]7Cc8c(n(C(C)=O)c9ccccc89)C[C@H]7C6=O)CC5)cc4)CC3)C(=O)[C@@H]1C2. The Balaban J connectivity index is 0.667. The number of para-hydroxylation sites is 2. The molecule has 14 heteroatoms. The summed E-state index contributed by atoms with van der Waals surface area (Å²) in [6, 6.07) is 24.3. The molecule has 14 nitrogen and oxygen atoms in total. The first kappa shape index (κ1) is 39.1. The highest BCUT2D eigenvalue weighted by atomic mass is 16.2. The van der Waals surface area contributed by atoms with Crippen molar-refractivity contribution in [3.8, 4) is 0 Å². The number of nitrogens with zero attached hydrogens (tertiary/aromatic N) is 8. The third kappa shape index (κ3) is 6.13. The van der Waals surface area contributed by atoms with Gasteiger partial charge in [-0.2, -0.15) is 0 Å². The van der Waals surface area contributed by atoms with Gasteiger partial charge in [0, 0.05) is 114 Å². The second-order valence-corrected chi connectivity index (χ2v) is 18.1. The summed E-state index contributed by atoms with van der Waals surface area (Å²) in [5.41, 5.74) is 7.85. The lowest BCUT2D eigenvalue weighted by molar-refractivity contribution is -0.163. The van der Waals surface area contributed by atoms with Gasteiger partial charge in [0.1, 0.15) is 0 Å². The van der Waals surface area contributed by atoms with Crippen molar-refractivity contribution in [3.63, 3.8) is 0 Å². The summed E-state index contributed by atoms with van der Waals surface area (Å²) < 4.78 is 3.46. The van der Waals surface area contributed by atoms with Gasteiger partial charge in [0.25, 0.3) is 0 Å². The van der Waals surface area contributed by atoms with Crippen molar-refractivity contribution in [3.05, 3.63) is 106 Å². The number of hydrogen-bond acceptors (Lipinski definition) is 10. The van der Waals surface area contributed by atoms with E-state index < -0.39 is 23.7 Å². The van der Waals surface area contributed by atoms with Crippen molar-refractivity contribution < 1.29 is 28.8 Å². The molecule has 0 unspecified atom stereocenters. The molecular weight excluding hydrogens is 785 g/mol. The van der Waals surface area contributed by atoms with Crippen LogP contribution in [0, 0.1) is 23.7 Å². The Morgan fingerprint density at radius 2 is 0.806 bits per heavy atom. The molecular formula is C48H50N8O6. The van der Waals surface area contributed by atoms with E-state index in [1.54, 1.807) is 23.0 Å². The molecule has 5 aromatic rings. The Bertz CT molecular complexity index is 2530. The number of piperazine rings is 2. The largest absolute Gasteiger partial charge is 0.296 e. The molecule has 2 aliphatic carbocycles.